The highest BCUT2D eigenvalue weighted by atomic mass is 35.5. The fraction of sp³-hybridized carbons (Fsp3) is 0.250. The van der Waals surface area contributed by atoms with Crippen molar-refractivity contribution < 1.29 is 8.91 Å². The fourth-order valence-corrected chi connectivity index (χ4v) is 1.60. The Morgan fingerprint density at radius 2 is 2.11 bits per heavy atom. The van der Waals surface area contributed by atoms with Gasteiger partial charge in [-0.1, -0.05) is 22.8 Å². The molecule has 3 nitrogen and oxygen atoms in total. The minimum absolute atomic E-state index is 0. The second-order valence-corrected chi connectivity index (χ2v) is 4.19. The molecule has 0 spiro atoms. The standard InChI is InChI=1S/C12H12ClFN2O.ClH/c1-8-4-10(16-17-8)7-15-6-9-2-3-11(13)12(14)5-9;/h2-5,15H,6-7H2,1H3;1H. The molecule has 2 aromatic rings. The Morgan fingerprint density at radius 1 is 1.33 bits per heavy atom. The molecule has 1 aromatic carbocycles. The van der Waals surface area contributed by atoms with E-state index in [1.807, 2.05) is 13.0 Å². The summed E-state index contributed by atoms with van der Waals surface area (Å²) >= 11 is 5.60. The van der Waals surface area contributed by atoms with Crippen LogP contribution in [0, 0.1) is 12.7 Å². The average molecular weight is 291 g/mol. The third-order valence-electron chi connectivity index (χ3n) is 2.30. The number of halogens is 3. The lowest BCUT2D eigenvalue weighted by Gasteiger charge is -2.03. The Balaban J connectivity index is 0.00000162. The summed E-state index contributed by atoms with van der Waals surface area (Å²) in [5.41, 5.74) is 1.67. The number of nitrogens with zero attached hydrogens (tertiary/aromatic N) is 1. The minimum Gasteiger partial charge on any atom is -0.361 e. The lowest BCUT2D eigenvalue weighted by molar-refractivity contribution is 0.388. The number of hydrogen-bond donors (Lipinski definition) is 1. The summed E-state index contributed by atoms with van der Waals surface area (Å²) in [6.07, 6.45) is 0. The first kappa shape index (κ1) is 15.0. The van der Waals surface area contributed by atoms with E-state index in [9.17, 15) is 4.39 Å². The van der Waals surface area contributed by atoms with Crippen LogP contribution in [0.25, 0.3) is 0 Å². The van der Waals surface area contributed by atoms with Gasteiger partial charge in [0, 0.05) is 19.2 Å². The van der Waals surface area contributed by atoms with E-state index >= 15 is 0 Å². The lowest BCUT2D eigenvalue weighted by atomic mass is 10.2. The molecule has 0 radical (unpaired) electrons. The summed E-state index contributed by atoms with van der Waals surface area (Å²) in [5.74, 6) is 0.377. The molecule has 1 heterocycles. The number of benzene rings is 1. The second kappa shape index (κ2) is 6.73. The van der Waals surface area contributed by atoms with E-state index in [1.165, 1.54) is 6.07 Å². The number of aryl methyl sites for hydroxylation is 1. The van der Waals surface area contributed by atoms with Gasteiger partial charge in [0.1, 0.15) is 11.6 Å². The van der Waals surface area contributed by atoms with Gasteiger partial charge in [-0.05, 0) is 24.6 Å². The SMILES string of the molecule is Cc1cc(CNCc2ccc(Cl)c(F)c2)no1.Cl. The molecule has 0 aliphatic heterocycles. The van der Waals surface area contributed by atoms with E-state index in [4.69, 9.17) is 16.1 Å². The number of hydrogen-bond acceptors (Lipinski definition) is 3. The molecule has 0 unspecified atom stereocenters. The van der Waals surface area contributed by atoms with E-state index in [-0.39, 0.29) is 17.4 Å². The molecule has 0 fully saturated rings. The van der Waals surface area contributed by atoms with Crippen LogP contribution in [0.1, 0.15) is 17.0 Å². The summed E-state index contributed by atoms with van der Waals surface area (Å²) in [6.45, 7) is 2.98. The van der Waals surface area contributed by atoms with Crippen molar-refractivity contribution in [1.29, 1.82) is 0 Å². The Labute approximate surface area is 116 Å². The van der Waals surface area contributed by atoms with Crippen molar-refractivity contribution in [3.63, 3.8) is 0 Å². The van der Waals surface area contributed by atoms with Crippen LogP contribution in [0.5, 0.6) is 0 Å². The first-order valence-electron chi connectivity index (χ1n) is 5.22. The minimum atomic E-state index is -0.400. The topological polar surface area (TPSA) is 38.1 Å². The van der Waals surface area contributed by atoms with Crippen LogP contribution in [0.2, 0.25) is 5.02 Å². The van der Waals surface area contributed by atoms with Gasteiger partial charge in [0.05, 0.1) is 10.7 Å². The molecule has 1 aromatic heterocycles. The van der Waals surface area contributed by atoms with Gasteiger partial charge in [-0.25, -0.2) is 4.39 Å². The second-order valence-electron chi connectivity index (χ2n) is 3.78. The largest absolute Gasteiger partial charge is 0.361 e. The maximum atomic E-state index is 13.1. The molecule has 0 saturated heterocycles. The van der Waals surface area contributed by atoms with E-state index in [0.29, 0.717) is 13.1 Å². The summed E-state index contributed by atoms with van der Waals surface area (Å²) in [4.78, 5) is 0. The lowest BCUT2D eigenvalue weighted by Crippen LogP contribution is -2.12. The van der Waals surface area contributed by atoms with E-state index in [1.54, 1.807) is 12.1 Å². The van der Waals surface area contributed by atoms with Gasteiger partial charge in [0.15, 0.2) is 0 Å². The number of rotatable bonds is 4. The van der Waals surface area contributed by atoms with Crippen LogP contribution in [0.4, 0.5) is 4.39 Å². The molecule has 2 rings (SSSR count). The third-order valence-corrected chi connectivity index (χ3v) is 2.60. The maximum Gasteiger partial charge on any atom is 0.142 e. The van der Waals surface area contributed by atoms with Crippen LogP contribution in [-0.2, 0) is 13.1 Å². The quantitative estimate of drug-likeness (QED) is 0.937. The molecule has 18 heavy (non-hydrogen) atoms. The highest BCUT2D eigenvalue weighted by molar-refractivity contribution is 6.30. The molecule has 0 atom stereocenters. The predicted molar refractivity (Wildman–Crippen MR) is 70.4 cm³/mol. The first-order chi connectivity index (χ1) is 8.15. The van der Waals surface area contributed by atoms with Gasteiger partial charge in [0.25, 0.3) is 0 Å². The fourth-order valence-electron chi connectivity index (χ4n) is 1.49. The highest BCUT2D eigenvalue weighted by Crippen LogP contribution is 2.15. The van der Waals surface area contributed by atoms with Crippen molar-refractivity contribution >= 4 is 24.0 Å². The van der Waals surface area contributed by atoms with Gasteiger partial charge >= 0.3 is 0 Å². The summed E-state index contributed by atoms with van der Waals surface area (Å²) in [5, 5.41) is 7.13. The predicted octanol–water partition coefficient (Wildman–Crippen LogP) is 3.49. The van der Waals surface area contributed by atoms with Crippen molar-refractivity contribution in [3.05, 3.63) is 52.1 Å². The van der Waals surface area contributed by atoms with E-state index in [0.717, 1.165) is 17.0 Å². The van der Waals surface area contributed by atoms with Crippen LogP contribution < -0.4 is 5.32 Å². The van der Waals surface area contributed by atoms with Gasteiger partial charge in [-0.3, -0.25) is 0 Å². The molecule has 0 amide bonds. The molecule has 0 bridgehead atoms. The zero-order valence-electron chi connectivity index (χ0n) is 9.74. The molecule has 1 N–H and O–H groups in total. The molecular formula is C12H13Cl2FN2O. The highest BCUT2D eigenvalue weighted by Gasteiger charge is 2.02. The maximum absolute atomic E-state index is 13.1. The summed E-state index contributed by atoms with van der Waals surface area (Å²) in [6, 6.07) is 6.61. The van der Waals surface area contributed by atoms with Crippen LogP contribution in [-0.4, -0.2) is 5.16 Å². The number of nitrogens with one attached hydrogen (secondary N) is 1. The molecular weight excluding hydrogens is 278 g/mol. The normalized spacial score (nSPS) is 10.2. The zero-order chi connectivity index (χ0) is 12.3. The Bertz CT molecular complexity index is 517. The monoisotopic (exact) mass is 290 g/mol. The number of aromatic nitrogens is 1. The molecule has 98 valence electrons. The summed E-state index contributed by atoms with van der Waals surface area (Å²) in [7, 11) is 0. The molecule has 0 saturated carbocycles. The van der Waals surface area contributed by atoms with Crippen molar-refractivity contribution in [2.24, 2.45) is 0 Å². The average Bonchev–Trinajstić information content (AvgIpc) is 2.70. The van der Waals surface area contributed by atoms with Crippen molar-refractivity contribution in [1.82, 2.24) is 10.5 Å². The smallest absolute Gasteiger partial charge is 0.142 e. The molecule has 0 aliphatic rings. The van der Waals surface area contributed by atoms with Crippen molar-refractivity contribution in [2.45, 2.75) is 20.0 Å². The van der Waals surface area contributed by atoms with E-state index in [2.05, 4.69) is 10.5 Å². The Kier molecular flexibility index (Phi) is 5.59. The van der Waals surface area contributed by atoms with Crippen molar-refractivity contribution in [3.8, 4) is 0 Å². The zero-order valence-corrected chi connectivity index (χ0v) is 11.3. The van der Waals surface area contributed by atoms with Gasteiger partial charge < -0.3 is 9.84 Å². The van der Waals surface area contributed by atoms with Gasteiger partial charge in [-0.2, -0.15) is 0 Å². The molecule has 6 heteroatoms. The van der Waals surface area contributed by atoms with Crippen molar-refractivity contribution in [2.75, 3.05) is 0 Å². The molecule has 0 aliphatic carbocycles. The van der Waals surface area contributed by atoms with Crippen LogP contribution in [0.3, 0.4) is 0 Å². The van der Waals surface area contributed by atoms with Gasteiger partial charge in [-0.15, -0.1) is 12.4 Å². The Hall–Kier alpha value is -1.10. The first-order valence-corrected chi connectivity index (χ1v) is 5.60. The van der Waals surface area contributed by atoms with E-state index < -0.39 is 5.82 Å². The summed E-state index contributed by atoms with van der Waals surface area (Å²) < 4.78 is 18.1. The van der Waals surface area contributed by atoms with Crippen LogP contribution >= 0.6 is 24.0 Å². The van der Waals surface area contributed by atoms with Crippen LogP contribution in [0.15, 0.2) is 28.8 Å². The third kappa shape index (κ3) is 3.98. The Morgan fingerprint density at radius 3 is 2.72 bits per heavy atom. The van der Waals surface area contributed by atoms with Gasteiger partial charge in [0.2, 0.25) is 0 Å².